The van der Waals surface area contributed by atoms with Gasteiger partial charge >= 0.3 is 5.97 Å². The van der Waals surface area contributed by atoms with Crippen molar-refractivity contribution in [2.75, 3.05) is 43.8 Å². The average Bonchev–Trinajstić information content (AvgIpc) is 2.82. The molecule has 1 atom stereocenters. The van der Waals surface area contributed by atoms with Gasteiger partial charge in [0.2, 0.25) is 15.8 Å². The van der Waals surface area contributed by atoms with Crippen molar-refractivity contribution in [2.24, 2.45) is 0 Å². The standard InChI is InChI=1S/C23H26F2N4O6S/c1-13(14-7-6-8-15(9-14)23(24,25)12-34-3)26-20-16-10-18(29(2)36(5,32)33)19(35-4)11-17(16)27-21(28-20)22(30)31/h6-11,13H,12H2,1-5H3,(H,30,31)(H,26,27,28)/t13-/m1/s1. The maximum absolute atomic E-state index is 14.4. The summed E-state index contributed by atoms with van der Waals surface area (Å²) >= 11 is 0. The number of benzene rings is 2. The van der Waals surface area contributed by atoms with Gasteiger partial charge in [0.15, 0.2) is 0 Å². The summed E-state index contributed by atoms with van der Waals surface area (Å²) in [4.78, 5) is 19.8. The summed E-state index contributed by atoms with van der Waals surface area (Å²) in [5.74, 6) is -4.87. The molecule has 0 amide bonds. The van der Waals surface area contributed by atoms with Crippen LogP contribution in [-0.4, -0.2) is 63.6 Å². The molecule has 2 aromatic carbocycles. The van der Waals surface area contributed by atoms with Crippen molar-refractivity contribution in [1.82, 2.24) is 9.97 Å². The number of carbonyl (C=O) groups is 1. The Labute approximate surface area is 206 Å². The summed E-state index contributed by atoms with van der Waals surface area (Å²) in [6.45, 7) is 0.907. The normalized spacial score (nSPS) is 12.9. The number of sulfonamides is 1. The van der Waals surface area contributed by atoms with Gasteiger partial charge in [-0.3, -0.25) is 4.31 Å². The third kappa shape index (κ3) is 5.62. The molecule has 1 heterocycles. The molecule has 0 unspecified atom stereocenters. The molecule has 10 nitrogen and oxygen atoms in total. The van der Waals surface area contributed by atoms with Crippen LogP contribution in [0, 0.1) is 0 Å². The number of alkyl halides is 2. The molecule has 0 radical (unpaired) electrons. The molecule has 0 bridgehead atoms. The van der Waals surface area contributed by atoms with Crippen LogP contribution >= 0.6 is 0 Å². The first-order valence-corrected chi connectivity index (χ1v) is 12.4. The van der Waals surface area contributed by atoms with Crippen LogP contribution in [0.3, 0.4) is 0 Å². The molecule has 0 saturated carbocycles. The molecular weight excluding hydrogens is 498 g/mol. The van der Waals surface area contributed by atoms with Crippen LogP contribution in [0.2, 0.25) is 0 Å². The molecule has 194 valence electrons. The highest BCUT2D eigenvalue weighted by Gasteiger charge is 2.32. The molecule has 36 heavy (non-hydrogen) atoms. The lowest BCUT2D eigenvalue weighted by molar-refractivity contribution is -0.0698. The lowest BCUT2D eigenvalue weighted by Crippen LogP contribution is -2.25. The van der Waals surface area contributed by atoms with Gasteiger partial charge < -0.3 is 19.9 Å². The van der Waals surface area contributed by atoms with E-state index in [1.54, 1.807) is 13.0 Å². The number of fused-ring (bicyclic) bond motifs is 1. The molecule has 0 aliphatic heterocycles. The zero-order valence-electron chi connectivity index (χ0n) is 20.2. The van der Waals surface area contributed by atoms with Crippen LogP contribution < -0.4 is 14.4 Å². The van der Waals surface area contributed by atoms with Gasteiger partial charge in [-0.15, -0.1) is 0 Å². The second-order valence-corrected chi connectivity index (χ2v) is 10.1. The molecule has 1 aromatic heterocycles. The summed E-state index contributed by atoms with van der Waals surface area (Å²) in [6.07, 6.45) is 1.02. The molecule has 13 heteroatoms. The highest BCUT2D eigenvalue weighted by atomic mass is 32.2. The van der Waals surface area contributed by atoms with E-state index in [0.717, 1.165) is 10.6 Å². The molecule has 3 rings (SSSR count). The van der Waals surface area contributed by atoms with Crippen molar-refractivity contribution in [2.45, 2.75) is 18.9 Å². The molecule has 0 fully saturated rings. The number of carboxylic acids is 1. The predicted octanol–water partition coefficient (Wildman–Crippen LogP) is 3.64. The number of aromatic carboxylic acids is 1. The fourth-order valence-corrected chi connectivity index (χ4v) is 4.03. The van der Waals surface area contributed by atoms with Gasteiger partial charge in [-0.25, -0.2) is 23.2 Å². The molecule has 0 saturated heterocycles. The minimum absolute atomic E-state index is 0.0739. The van der Waals surface area contributed by atoms with Crippen molar-refractivity contribution in [3.05, 3.63) is 53.3 Å². The quantitative estimate of drug-likeness (QED) is 0.408. The van der Waals surface area contributed by atoms with E-state index in [-0.39, 0.29) is 28.3 Å². The van der Waals surface area contributed by atoms with Gasteiger partial charge in [0.1, 0.15) is 18.2 Å². The summed E-state index contributed by atoms with van der Waals surface area (Å²) < 4.78 is 64.0. The molecule has 2 N–H and O–H groups in total. The first-order chi connectivity index (χ1) is 16.8. The summed E-state index contributed by atoms with van der Waals surface area (Å²) in [6, 6.07) is 8.00. The smallest absolute Gasteiger partial charge is 0.374 e. The van der Waals surface area contributed by atoms with Crippen LogP contribution in [0.4, 0.5) is 20.3 Å². The van der Waals surface area contributed by atoms with Gasteiger partial charge in [0.25, 0.3) is 5.92 Å². The van der Waals surface area contributed by atoms with Crippen molar-refractivity contribution < 1.29 is 36.6 Å². The number of methoxy groups -OCH3 is 2. The van der Waals surface area contributed by atoms with Gasteiger partial charge in [0.05, 0.1) is 24.6 Å². The van der Waals surface area contributed by atoms with Gasteiger partial charge in [-0.2, -0.15) is 8.78 Å². The lowest BCUT2D eigenvalue weighted by Gasteiger charge is -2.22. The van der Waals surface area contributed by atoms with E-state index in [1.807, 2.05) is 0 Å². The highest BCUT2D eigenvalue weighted by molar-refractivity contribution is 7.92. The summed E-state index contributed by atoms with van der Waals surface area (Å²) in [5, 5.41) is 12.9. The number of nitrogens with one attached hydrogen (secondary N) is 1. The number of aromatic nitrogens is 2. The van der Waals surface area contributed by atoms with E-state index >= 15 is 0 Å². The SMILES string of the molecule is COCC(F)(F)c1cccc([C@@H](C)Nc2nc(C(=O)O)nc3cc(OC)c(N(C)S(C)(=O)=O)cc23)c1. The van der Waals surface area contributed by atoms with Crippen molar-refractivity contribution in [1.29, 1.82) is 0 Å². The third-order valence-electron chi connectivity index (χ3n) is 5.51. The summed E-state index contributed by atoms with van der Waals surface area (Å²) in [7, 11) is 0.204. The Bertz CT molecular complexity index is 1400. The van der Waals surface area contributed by atoms with Crippen molar-refractivity contribution >= 4 is 38.4 Å². The lowest BCUT2D eigenvalue weighted by atomic mass is 10.0. The largest absolute Gasteiger partial charge is 0.494 e. The van der Waals surface area contributed by atoms with Gasteiger partial charge in [0, 0.05) is 37.2 Å². The van der Waals surface area contributed by atoms with E-state index in [4.69, 9.17) is 4.74 Å². The monoisotopic (exact) mass is 524 g/mol. The average molecular weight is 525 g/mol. The first kappa shape index (κ1) is 27.0. The Morgan fingerprint density at radius 1 is 1.22 bits per heavy atom. The summed E-state index contributed by atoms with van der Waals surface area (Å²) in [5.41, 5.74) is 0.598. The van der Waals surface area contributed by atoms with Crippen LogP contribution in [0.1, 0.15) is 34.7 Å². The number of nitrogens with zero attached hydrogens (tertiary/aromatic N) is 3. The Morgan fingerprint density at radius 2 is 1.92 bits per heavy atom. The van der Waals surface area contributed by atoms with E-state index < -0.39 is 40.4 Å². The molecule has 0 aliphatic carbocycles. The molecule has 0 spiro atoms. The maximum Gasteiger partial charge on any atom is 0.374 e. The fraction of sp³-hybridized carbons (Fsp3) is 0.348. The van der Waals surface area contributed by atoms with Crippen molar-refractivity contribution in [3.8, 4) is 5.75 Å². The highest BCUT2D eigenvalue weighted by Crippen LogP contribution is 2.37. The van der Waals surface area contributed by atoms with Crippen LogP contribution in [0.25, 0.3) is 10.9 Å². The van der Waals surface area contributed by atoms with Gasteiger partial charge in [-0.05, 0) is 24.6 Å². The zero-order valence-corrected chi connectivity index (χ0v) is 21.1. The first-order valence-electron chi connectivity index (χ1n) is 10.6. The van der Waals surface area contributed by atoms with E-state index in [1.165, 1.54) is 51.6 Å². The number of halogens is 2. The molecular formula is C23H26F2N4O6S. The molecule has 3 aromatic rings. The van der Waals surface area contributed by atoms with Crippen LogP contribution in [-0.2, 0) is 20.7 Å². The number of carboxylic acid groups (broad SMARTS) is 1. The topological polar surface area (TPSA) is 131 Å². The van der Waals surface area contributed by atoms with Crippen LogP contribution in [0.15, 0.2) is 36.4 Å². The number of hydrogen-bond donors (Lipinski definition) is 2. The second-order valence-electron chi connectivity index (χ2n) is 8.10. The maximum atomic E-state index is 14.4. The second kappa shape index (κ2) is 10.2. The third-order valence-corrected chi connectivity index (χ3v) is 6.70. The molecule has 0 aliphatic rings. The fourth-order valence-electron chi connectivity index (χ4n) is 3.53. The number of ether oxygens (including phenoxy) is 2. The Balaban J connectivity index is 2.14. The van der Waals surface area contributed by atoms with Crippen LogP contribution in [0.5, 0.6) is 5.75 Å². The number of anilines is 2. The number of rotatable bonds is 10. The van der Waals surface area contributed by atoms with Gasteiger partial charge in [-0.1, -0.05) is 18.2 Å². The minimum Gasteiger partial charge on any atom is -0.494 e. The van der Waals surface area contributed by atoms with E-state index in [2.05, 4.69) is 20.0 Å². The van der Waals surface area contributed by atoms with E-state index in [9.17, 15) is 27.1 Å². The number of hydrogen-bond acceptors (Lipinski definition) is 8. The Hall–Kier alpha value is -3.58. The predicted molar refractivity (Wildman–Crippen MR) is 131 cm³/mol. The Morgan fingerprint density at radius 3 is 2.50 bits per heavy atom. The Kier molecular flexibility index (Phi) is 7.65. The minimum atomic E-state index is -3.66. The van der Waals surface area contributed by atoms with Crippen molar-refractivity contribution in [3.63, 3.8) is 0 Å². The zero-order chi connectivity index (χ0) is 26.8. The van der Waals surface area contributed by atoms with E-state index in [0.29, 0.717) is 10.9 Å².